The molecule has 0 aliphatic carbocycles. The van der Waals surface area contributed by atoms with E-state index in [2.05, 4.69) is 244 Å². The Bertz CT molecular complexity index is 2720. The third-order valence-electron chi connectivity index (χ3n) is 12.5. The molecular weight excluding hydrogens is 723 g/mol. The monoisotopic (exact) mass is 783 g/mol. The van der Waals surface area contributed by atoms with Crippen molar-refractivity contribution in [2.45, 2.75) is 97.8 Å². The minimum Gasteiger partial charge on any atom is -0.309 e. The highest BCUT2D eigenvalue weighted by Crippen LogP contribution is 2.50. The Balaban J connectivity index is 1.42. The average molecular weight is 784 g/mol. The number of rotatable bonds is 9. The van der Waals surface area contributed by atoms with Gasteiger partial charge in [0.2, 0.25) is 0 Å². The van der Waals surface area contributed by atoms with E-state index in [9.17, 15) is 0 Å². The van der Waals surface area contributed by atoms with Crippen LogP contribution in [0.2, 0.25) is 0 Å². The molecule has 1 nitrogen and oxygen atoms in total. The van der Waals surface area contributed by atoms with Gasteiger partial charge in [-0.05, 0) is 120 Å². The number of fused-ring (bicyclic) bond motifs is 2. The highest BCUT2D eigenvalue weighted by atomic mass is 15.1. The lowest BCUT2D eigenvalue weighted by Crippen LogP contribution is -2.14. The van der Waals surface area contributed by atoms with Crippen molar-refractivity contribution in [3.05, 3.63) is 209 Å². The summed E-state index contributed by atoms with van der Waals surface area (Å²) < 4.78 is 0. The van der Waals surface area contributed by atoms with E-state index in [4.69, 9.17) is 0 Å². The Labute approximate surface area is 359 Å². The zero-order chi connectivity index (χ0) is 42.3. The van der Waals surface area contributed by atoms with Crippen LogP contribution in [0.15, 0.2) is 170 Å². The molecule has 302 valence electrons. The third-order valence-corrected chi connectivity index (χ3v) is 12.5. The normalized spacial score (nSPS) is 12.7. The second kappa shape index (κ2) is 16.3. The lowest BCUT2D eigenvalue weighted by molar-refractivity contribution is 0.590. The average Bonchev–Trinajstić information content (AvgIpc) is 3.24. The van der Waals surface area contributed by atoms with E-state index in [0.717, 1.165) is 11.4 Å². The number of anilines is 3. The number of para-hydroxylation sites is 1. The molecule has 0 aromatic heterocycles. The van der Waals surface area contributed by atoms with Gasteiger partial charge in [0, 0.05) is 28.1 Å². The fraction of sp³-hybridized carbons (Fsp3) is 0.254. The van der Waals surface area contributed by atoms with Crippen molar-refractivity contribution in [3.8, 4) is 11.1 Å². The molecule has 8 rings (SSSR count). The molecule has 0 saturated carbocycles. The van der Waals surface area contributed by atoms with E-state index >= 15 is 0 Å². The predicted molar refractivity (Wildman–Crippen MR) is 261 cm³/mol. The summed E-state index contributed by atoms with van der Waals surface area (Å²) in [7, 11) is 0. The Morgan fingerprint density at radius 1 is 0.367 bits per heavy atom. The van der Waals surface area contributed by atoms with Crippen LogP contribution in [-0.4, -0.2) is 0 Å². The molecule has 60 heavy (non-hydrogen) atoms. The zero-order valence-corrected chi connectivity index (χ0v) is 37.3. The minimum atomic E-state index is -0.0331. The smallest absolute Gasteiger partial charge is 0.0618 e. The van der Waals surface area contributed by atoms with Crippen LogP contribution < -0.4 is 4.90 Å². The zero-order valence-electron chi connectivity index (χ0n) is 37.3. The summed E-state index contributed by atoms with van der Waals surface area (Å²) in [5, 5.41) is 5.02. The van der Waals surface area contributed by atoms with Gasteiger partial charge in [0.25, 0.3) is 0 Å². The first-order chi connectivity index (χ1) is 28.7. The number of hydrogen-bond acceptors (Lipinski definition) is 1. The van der Waals surface area contributed by atoms with Crippen LogP contribution in [-0.2, 0) is 10.8 Å². The molecule has 0 fully saturated rings. The van der Waals surface area contributed by atoms with Gasteiger partial charge in [0.15, 0.2) is 0 Å². The van der Waals surface area contributed by atoms with Gasteiger partial charge in [0.05, 0.1) is 5.69 Å². The lowest BCUT2D eigenvalue weighted by Gasteiger charge is -2.31. The van der Waals surface area contributed by atoms with Gasteiger partial charge in [-0.1, -0.05) is 203 Å². The van der Waals surface area contributed by atoms with Gasteiger partial charge >= 0.3 is 0 Å². The van der Waals surface area contributed by atoms with E-state index < -0.39 is 0 Å². The maximum Gasteiger partial charge on any atom is 0.0618 e. The van der Waals surface area contributed by atoms with Crippen LogP contribution in [0.5, 0.6) is 0 Å². The van der Waals surface area contributed by atoms with Gasteiger partial charge in [0.1, 0.15) is 0 Å². The van der Waals surface area contributed by atoms with Crippen LogP contribution in [0.4, 0.5) is 17.1 Å². The van der Waals surface area contributed by atoms with Crippen molar-refractivity contribution < 1.29 is 0 Å². The first-order valence-corrected chi connectivity index (χ1v) is 21.9. The van der Waals surface area contributed by atoms with Crippen molar-refractivity contribution in [2.24, 2.45) is 0 Å². The van der Waals surface area contributed by atoms with Crippen molar-refractivity contribution in [2.75, 3.05) is 4.90 Å². The SMILES string of the molecule is CC(C)c1ccc(C(c2ccccc2)c2ccc(-c3c4cc(C(C)(C)C)ccc4c(N(c4ccccc4)c4ccc(C(C)C)cc4)c4cc(C(C)(C)C)ccc34)cc2)cc1. The molecule has 1 atom stereocenters. The van der Waals surface area contributed by atoms with Crippen LogP contribution in [0, 0.1) is 0 Å². The van der Waals surface area contributed by atoms with E-state index in [-0.39, 0.29) is 16.7 Å². The summed E-state index contributed by atoms with van der Waals surface area (Å²) in [4.78, 5) is 2.50. The molecule has 1 unspecified atom stereocenters. The summed E-state index contributed by atoms with van der Waals surface area (Å²) in [6.07, 6.45) is 0. The maximum absolute atomic E-state index is 2.50. The van der Waals surface area contributed by atoms with Crippen LogP contribution in [0.3, 0.4) is 0 Å². The fourth-order valence-corrected chi connectivity index (χ4v) is 8.82. The van der Waals surface area contributed by atoms with Crippen molar-refractivity contribution in [1.29, 1.82) is 0 Å². The van der Waals surface area contributed by atoms with Crippen LogP contribution in [0.25, 0.3) is 32.7 Å². The molecule has 0 spiro atoms. The molecule has 8 aromatic rings. The largest absolute Gasteiger partial charge is 0.309 e. The molecule has 8 aromatic carbocycles. The third kappa shape index (κ3) is 8.03. The second-order valence-corrected chi connectivity index (χ2v) is 19.4. The van der Waals surface area contributed by atoms with Crippen molar-refractivity contribution >= 4 is 38.6 Å². The molecule has 0 aliphatic rings. The Morgan fingerprint density at radius 2 is 0.783 bits per heavy atom. The number of benzene rings is 8. The highest BCUT2D eigenvalue weighted by Gasteiger charge is 2.26. The van der Waals surface area contributed by atoms with Gasteiger partial charge in [-0.25, -0.2) is 0 Å². The molecule has 0 amide bonds. The van der Waals surface area contributed by atoms with Crippen LogP contribution >= 0.6 is 0 Å². The van der Waals surface area contributed by atoms with E-state index in [0.29, 0.717) is 11.8 Å². The summed E-state index contributed by atoms with van der Waals surface area (Å²) in [6.45, 7) is 23.0. The molecule has 0 aliphatic heterocycles. The lowest BCUT2D eigenvalue weighted by atomic mass is 9.80. The minimum absolute atomic E-state index is 0.0274. The van der Waals surface area contributed by atoms with Crippen molar-refractivity contribution in [3.63, 3.8) is 0 Å². The standard InChI is InChI=1S/C59H61N/c1-39(2)41-21-23-44(24-22-41)55(43-17-13-11-14-18-43)45-25-27-46(28-26-45)56-51-35-31-48(59(8,9)10)38-54(51)57(52-36-32-47(37-53(52)56)58(5,6)7)60(49-19-15-12-16-20-49)50-33-29-42(30-34-50)40(3)4/h11-40,55H,1-10H3. The number of hydrogen-bond donors (Lipinski definition) is 0. The predicted octanol–water partition coefficient (Wildman–Crippen LogP) is 17.2. The maximum atomic E-state index is 2.50. The van der Waals surface area contributed by atoms with E-state index in [1.54, 1.807) is 0 Å². The highest BCUT2D eigenvalue weighted by molar-refractivity contribution is 6.22. The van der Waals surface area contributed by atoms with Crippen LogP contribution in [0.1, 0.15) is 126 Å². The fourth-order valence-electron chi connectivity index (χ4n) is 8.82. The summed E-state index contributed by atoms with van der Waals surface area (Å²) in [5.41, 5.74) is 15.2. The summed E-state index contributed by atoms with van der Waals surface area (Å²) in [6, 6.07) is 64.4. The quantitative estimate of drug-likeness (QED) is 0.104. The molecule has 0 bridgehead atoms. The van der Waals surface area contributed by atoms with Gasteiger partial charge in [-0.2, -0.15) is 0 Å². The molecule has 1 heteroatoms. The first-order valence-electron chi connectivity index (χ1n) is 21.9. The number of nitrogens with zero attached hydrogens (tertiary/aromatic N) is 1. The van der Waals surface area contributed by atoms with Gasteiger partial charge < -0.3 is 4.90 Å². The Morgan fingerprint density at radius 3 is 1.30 bits per heavy atom. The van der Waals surface area contributed by atoms with Gasteiger partial charge in [-0.15, -0.1) is 0 Å². The molecule has 0 saturated heterocycles. The second-order valence-electron chi connectivity index (χ2n) is 19.4. The summed E-state index contributed by atoms with van der Waals surface area (Å²) in [5.74, 6) is 1.07. The van der Waals surface area contributed by atoms with E-state index in [1.165, 1.54) is 77.3 Å². The summed E-state index contributed by atoms with van der Waals surface area (Å²) >= 11 is 0. The molecule has 0 N–H and O–H groups in total. The molecular formula is C59H61N. The topological polar surface area (TPSA) is 3.24 Å². The van der Waals surface area contributed by atoms with Gasteiger partial charge in [-0.3, -0.25) is 0 Å². The Hall–Kier alpha value is -5.92. The Kier molecular flexibility index (Phi) is 11.1. The van der Waals surface area contributed by atoms with Crippen molar-refractivity contribution in [1.82, 2.24) is 0 Å². The van der Waals surface area contributed by atoms with E-state index in [1.807, 2.05) is 0 Å². The first kappa shape index (κ1) is 40.8. The molecule has 0 heterocycles. The molecule has 0 radical (unpaired) electrons.